The summed E-state index contributed by atoms with van der Waals surface area (Å²) < 4.78 is 1.83. The molecule has 0 aliphatic carbocycles. The van der Waals surface area contributed by atoms with Crippen molar-refractivity contribution in [3.05, 3.63) is 35.5 Å². The minimum Gasteiger partial charge on any atom is -0.388 e. The van der Waals surface area contributed by atoms with Crippen LogP contribution >= 0.6 is 12.2 Å². The molecule has 7 heteroatoms. The molecule has 0 spiro atoms. The molecular weight excluding hydrogens is 248 g/mol. The number of thiocarbonyl (C=S) groups is 1. The highest BCUT2D eigenvalue weighted by Gasteiger charge is 2.04. The zero-order valence-electron chi connectivity index (χ0n) is 10.2. The van der Waals surface area contributed by atoms with Crippen LogP contribution in [0.5, 0.6) is 0 Å². The fourth-order valence-corrected chi connectivity index (χ4v) is 1.56. The molecule has 2 aromatic heterocycles. The Balaban J connectivity index is 2.02. The Morgan fingerprint density at radius 3 is 2.67 bits per heavy atom. The number of nitrogens with one attached hydrogen (secondary N) is 1. The second-order valence-electron chi connectivity index (χ2n) is 3.88. The quantitative estimate of drug-likeness (QED) is 0.792. The lowest BCUT2D eigenvalue weighted by atomic mass is 10.2. The molecule has 0 aliphatic rings. The number of aromatic nitrogens is 4. The van der Waals surface area contributed by atoms with Crippen molar-refractivity contribution in [2.45, 2.75) is 13.5 Å². The van der Waals surface area contributed by atoms with Crippen LogP contribution in [-0.4, -0.2) is 24.7 Å². The van der Waals surface area contributed by atoms with E-state index in [2.05, 4.69) is 20.4 Å². The van der Waals surface area contributed by atoms with Crippen LogP contribution in [0, 0.1) is 6.92 Å². The van der Waals surface area contributed by atoms with Crippen molar-refractivity contribution in [3.8, 4) is 0 Å². The Kier molecular flexibility index (Phi) is 3.52. The molecule has 0 bridgehead atoms. The van der Waals surface area contributed by atoms with Crippen molar-refractivity contribution in [1.82, 2.24) is 19.7 Å². The van der Waals surface area contributed by atoms with Crippen LogP contribution in [-0.2, 0) is 13.6 Å². The van der Waals surface area contributed by atoms with E-state index in [1.807, 2.05) is 24.9 Å². The highest BCUT2D eigenvalue weighted by Crippen LogP contribution is 2.08. The molecule has 0 saturated heterocycles. The fraction of sp³-hybridized carbons (Fsp3) is 0.273. The van der Waals surface area contributed by atoms with E-state index in [0.717, 1.165) is 11.3 Å². The first-order valence-corrected chi connectivity index (χ1v) is 5.82. The number of nitrogens with zero attached hydrogens (tertiary/aromatic N) is 4. The summed E-state index contributed by atoms with van der Waals surface area (Å²) >= 11 is 4.81. The SMILES string of the molecule is Cc1c(CNc2cnc(C(N)=S)cn2)cnn1C. The predicted octanol–water partition coefficient (Wildman–Crippen LogP) is 0.765. The monoisotopic (exact) mass is 262 g/mol. The molecule has 2 aromatic rings. The Hall–Kier alpha value is -2.02. The molecule has 0 saturated carbocycles. The van der Waals surface area contributed by atoms with Crippen molar-refractivity contribution < 1.29 is 0 Å². The van der Waals surface area contributed by atoms with Gasteiger partial charge in [-0.2, -0.15) is 5.10 Å². The lowest BCUT2D eigenvalue weighted by molar-refractivity contribution is 0.738. The van der Waals surface area contributed by atoms with E-state index in [-0.39, 0.29) is 4.99 Å². The minimum absolute atomic E-state index is 0.247. The second-order valence-corrected chi connectivity index (χ2v) is 4.32. The molecule has 18 heavy (non-hydrogen) atoms. The third kappa shape index (κ3) is 2.62. The Labute approximate surface area is 110 Å². The average Bonchev–Trinajstić information content (AvgIpc) is 2.68. The number of nitrogens with two attached hydrogens (primary N) is 1. The Bertz CT molecular complexity index is 559. The van der Waals surface area contributed by atoms with E-state index in [9.17, 15) is 0 Å². The first-order valence-electron chi connectivity index (χ1n) is 5.41. The van der Waals surface area contributed by atoms with Gasteiger partial charge in [-0.05, 0) is 6.92 Å². The van der Waals surface area contributed by atoms with Crippen LogP contribution in [0.1, 0.15) is 17.0 Å². The summed E-state index contributed by atoms with van der Waals surface area (Å²) in [5, 5.41) is 7.34. The maximum Gasteiger partial charge on any atom is 0.144 e. The molecule has 0 atom stereocenters. The van der Waals surface area contributed by atoms with Gasteiger partial charge in [-0.3, -0.25) is 4.68 Å². The number of hydrogen-bond acceptors (Lipinski definition) is 5. The molecule has 3 N–H and O–H groups in total. The molecule has 0 amide bonds. The topological polar surface area (TPSA) is 81.7 Å². The molecule has 0 unspecified atom stereocenters. The Morgan fingerprint density at radius 1 is 1.39 bits per heavy atom. The molecule has 0 radical (unpaired) electrons. The van der Waals surface area contributed by atoms with Gasteiger partial charge in [-0.25, -0.2) is 9.97 Å². The molecule has 2 heterocycles. The van der Waals surface area contributed by atoms with Gasteiger partial charge in [0.2, 0.25) is 0 Å². The van der Waals surface area contributed by atoms with Crippen LogP contribution in [0.3, 0.4) is 0 Å². The van der Waals surface area contributed by atoms with Gasteiger partial charge < -0.3 is 11.1 Å². The van der Waals surface area contributed by atoms with E-state index >= 15 is 0 Å². The molecular formula is C11H14N6S. The van der Waals surface area contributed by atoms with Gasteiger partial charge in [0.25, 0.3) is 0 Å². The van der Waals surface area contributed by atoms with Gasteiger partial charge >= 0.3 is 0 Å². The largest absolute Gasteiger partial charge is 0.388 e. The zero-order valence-corrected chi connectivity index (χ0v) is 11.0. The zero-order chi connectivity index (χ0) is 13.1. The standard InChI is InChI=1S/C11H14N6S/c1-7-8(4-16-17(7)2)3-14-10-6-13-9(5-15-10)11(12)18/h4-6H,3H2,1-2H3,(H2,12,18)(H,14,15). The van der Waals surface area contributed by atoms with Crippen LogP contribution < -0.4 is 11.1 Å². The van der Waals surface area contributed by atoms with Gasteiger partial charge in [0.1, 0.15) is 16.5 Å². The summed E-state index contributed by atoms with van der Waals surface area (Å²) in [5.74, 6) is 0.679. The van der Waals surface area contributed by atoms with E-state index in [4.69, 9.17) is 18.0 Å². The number of rotatable bonds is 4. The first kappa shape index (κ1) is 12.4. The van der Waals surface area contributed by atoms with Crippen molar-refractivity contribution in [3.63, 3.8) is 0 Å². The lowest BCUT2D eigenvalue weighted by Crippen LogP contribution is -2.12. The highest BCUT2D eigenvalue weighted by molar-refractivity contribution is 7.80. The van der Waals surface area contributed by atoms with E-state index < -0.39 is 0 Å². The third-order valence-corrected chi connectivity index (χ3v) is 2.91. The van der Waals surface area contributed by atoms with Crippen molar-refractivity contribution >= 4 is 23.0 Å². The maximum atomic E-state index is 5.45. The summed E-state index contributed by atoms with van der Waals surface area (Å²) in [6.45, 7) is 2.67. The van der Waals surface area contributed by atoms with Crippen LogP contribution in [0.4, 0.5) is 5.82 Å². The van der Waals surface area contributed by atoms with Crippen molar-refractivity contribution in [1.29, 1.82) is 0 Å². The fourth-order valence-electron chi connectivity index (χ4n) is 1.45. The molecule has 94 valence electrons. The number of anilines is 1. The molecule has 0 aromatic carbocycles. The van der Waals surface area contributed by atoms with Gasteiger partial charge in [-0.15, -0.1) is 0 Å². The summed E-state index contributed by atoms with van der Waals surface area (Å²) in [7, 11) is 1.91. The summed E-state index contributed by atoms with van der Waals surface area (Å²) in [6.07, 6.45) is 5.00. The highest BCUT2D eigenvalue weighted by atomic mass is 32.1. The molecule has 6 nitrogen and oxygen atoms in total. The minimum atomic E-state index is 0.247. The van der Waals surface area contributed by atoms with Gasteiger partial charge in [0.05, 0.1) is 18.6 Å². The summed E-state index contributed by atoms with van der Waals surface area (Å²) in [6, 6.07) is 0. The molecule has 0 aliphatic heterocycles. The first-order chi connectivity index (χ1) is 8.58. The van der Waals surface area contributed by atoms with E-state index in [0.29, 0.717) is 18.1 Å². The van der Waals surface area contributed by atoms with Crippen molar-refractivity contribution in [2.75, 3.05) is 5.32 Å². The lowest BCUT2D eigenvalue weighted by Gasteiger charge is -2.05. The molecule has 0 fully saturated rings. The summed E-state index contributed by atoms with van der Waals surface area (Å²) in [5.41, 5.74) is 8.21. The van der Waals surface area contributed by atoms with Gasteiger partial charge in [0.15, 0.2) is 0 Å². The normalized spacial score (nSPS) is 10.3. The Morgan fingerprint density at radius 2 is 2.17 bits per heavy atom. The second kappa shape index (κ2) is 5.09. The number of hydrogen-bond donors (Lipinski definition) is 2. The molecule has 2 rings (SSSR count). The van der Waals surface area contributed by atoms with Crippen LogP contribution in [0.15, 0.2) is 18.6 Å². The van der Waals surface area contributed by atoms with Gasteiger partial charge in [-0.1, -0.05) is 12.2 Å². The van der Waals surface area contributed by atoms with E-state index in [1.54, 1.807) is 12.4 Å². The number of aryl methyl sites for hydroxylation is 1. The van der Waals surface area contributed by atoms with Crippen LogP contribution in [0.2, 0.25) is 0 Å². The van der Waals surface area contributed by atoms with Gasteiger partial charge in [0, 0.05) is 24.8 Å². The van der Waals surface area contributed by atoms with E-state index in [1.165, 1.54) is 0 Å². The average molecular weight is 262 g/mol. The summed E-state index contributed by atoms with van der Waals surface area (Å²) in [4.78, 5) is 8.54. The smallest absolute Gasteiger partial charge is 0.144 e. The van der Waals surface area contributed by atoms with Crippen LogP contribution in [0.25, 0.3) is 0 Å². The maximum absolute atomic E-state index is 5.45. The van der Waals surface area contributed by atoms with Crippen molar-refractivity contribution in [2.24, 2.45) is 12.8 Å². The third-order valence-electron chi connectivity index (χ3n) is 2.70. The predicted molar refractivity (Wildman–Crippen MR) is 73.2 cm³/mol.